The summed E-state index contributed by atoms with van der Waals surface area (Å²) in [6, 6.07) is 7.14. The first-order valence-electron chi connectivity index (χ1n) is 5.78. The topological polar surface area (TPSA) is 51.2 Å². The number of pyridine rings is 1. The number of nitrogens with one attached hydrogen (secondary N) is 1. The van der Waals surface area contributed by atoms with Crippen molar-refractivity contribution < 1.29 is 9.53 Å². The van der Waals surface area contributed by atoms with Crippen LogP contribution in [-0.4, -0.2) is 18.0 Å². The van der Waals surface area contributed by atoms with E-state index in [1.54, 1.807) is 31.5 Å². The monoisotopic (exact) mass is 446 g/mol. The Bertz CT molecular complexity index is 662. The Balaban J connectivity index is 2.21. The summed E-state index contributed by atoms with van der Waals surface area (Å²) in [5, 5.41) is 2.80. The molecule has 0 aliphatic heterocycles. The van der Waals surface area contributed by atoms with Crippen LogP contribution < -0.4 is 10.1 Å². The van der Waals surface area contributed by atoms with Gasteiger partial charge in [0, 0.05) is 15.3 Å². The first kappa shape index (κ1) is 15.2. The lowest BCUT2D eigenvalue weighted by atomic mass is 10.2. The number of ether oxygens (including phenoxy) is 1. The molecule has 6 heteroatoms. The third-order valence-electron chi connectivity index (χ3n) is 2.69. The second-order valence-electron chi connectivity index (χ2n) is 4.12. The molecule has 0 saturated carbocycles. The number of halogens is 2. The Hall–Kier alpha value is -1.15. The molecular formula is C14H12BrIN2O2. The quantitative estimate of drug-likeness (QED) is 0.724. The lowest BCUT2D eigenvalue weighted by Gasteiger charge is -2.09. The van der Waals surface area contributed by atoms with E-state index in [1.165, 1.54) is 0 Å². The van der Waals surface area contributed by atoms with Crippen LogP contribution in [0.5, 0.6) is 5.75 Å². The number of aromatic nitrogens is 1. The molecule has 0 bridgehead atoms. The molecule has 0 aliphatic rings. The summed E-state index contributed by atoms with van der Waals surface area (Å²) < 4.78 is 6.91. The van der Waals surface area contributed by atoms with E-state index in [-0.39, 0.29) is 5.91 Å². The van der Waals surface area contributed by atoms with Gasteiger partial charge in [-0.3, -0.25) is 4.79 Å². The first-order valence-corrected chi connectivity index (χ1v) is 7.65. The van der Waals surface area contributed by atoms with Gasteiger partial charge in [-0.25, -0.2) is 4.98 Å². The van der Waals surface area contributed by atoms with Crippen molar-refractivity contribution in [1.29, 1.82) is 0 Å². The van der Waals surface area contributed by atoms with E-state index in [2.05, 4.69) is 48.8 Å². The van der Waals surface area contributed by atoms with Crippen LogP contribution in [0.25, 0.3) is 0 Å². The van der Waals surface area contributed by atoms with Gasteiger partial charge in [-0.1, -0.05) is 0 Å². The molecule has 0 saturated heterocycles. The van der Waals surface area contributed by atoms with Crippen LogP contribution in [0.3, 0.4) is 0 Å². The number of carbonyl (C=O) groups is 1. The normalized spacial score (nSPS) is 10.2. The van der Waals surface area contributed by atoms with Gasteiger partial charge in [0.2, 0.25) is 0 Å². The van der Waals surface area contributed by atoms with E-state index in [4.69, 9.17) is 4.74 Å². The molecule has 1 aromatic heterocycles. The van der Waals surface area contributed by atoms with Crippen LogP contribution in [0.2, 0.25) is 0 Å². The number of methoxy groups -OCH3 is 1. The van der Waals surface area contributed by atoms with Crippen molar-refractivity contribution in [2.75, 3.05) is 12.4 Å². The first-order chi connectivity index (χ1) is 9.51. The number of hydrogen-bond acceptors (Lipinski definition) is 3. The van der Waals surface area contributed by atoms with Crippen molar-refractivity contribution in [2.45, 2.75) is 6.92 Å². The third kappa shape index (κ3) is 3.49. The molecule has 1 N–H and O–H groups in total. The van der Waals surface area contributed by atoms with Gasteiger partial charge in [-0.05, 0) is 75.3 Å². The fraction of sp³-hybridized carbons (Fsp3) is 0.143. The molecular weight excluding hydrogens is 435 g/mol. The van der Waals surface area contributed by atoms with E-state index < -0.39 is 0 Å². The maximum Gasteiger partial charge on any atom is 0.256 e. The minimum Gasteiger partial charge on any atom is -0.496 e. The van der Waals surface area contributed by atoms with Gasteiger partial charge >= 0.3 is 0 Å². The van der Waals surface area contributed by atoms with E-state index in [1.807, 2.05) is 13.0 Å². The second-order valence-corrected chi connectivity index (χ2v) is 6.22. The summed E-state index contributed by atoms with van der Waals surface area (Å²) in [5.74, 6) is 1.05. The third-order valence-corrected chi connectivity index (χ3v) is 3.90. The second kappa shape index (κ2) is 6.53. The number of anilines is 1. The summed E-state index contributed by atoms with van der Waals surface area (Å²) in [7, 11) is 1.58. The van der Waals surface area contributed by atoms with Crippen molar-refractivity contribution >= 4 is 50.2 Å². The van der Waals surface area contributed by atoms with Crippen LogP contribution in [-0.2, 0) is 0 Å². The van der Waals surface area contributed by atoms with Crippen LogP contribution in [0, 0.1) is 10.5 Å². The summed E-state index contributed by atoms with van der Waals surface area (Å²) in [4.78, 5) is 16.4. The summed E-state index contributed by atoms with van der Waals surface area (Å²) >= 11 is 5.55. The molecule has 1 heterocycles. The highest BCUT2D eigenvalue weighted by Crippen LogP contribution is 2.26. The number of benzene rings is 1. The zero-order valence-electron chi connectivity index (χ0n) is 10.9. The Morgan fingerprint density at radius 1 is 1.40 bits per heavy atom. The van der Waals surface area contributed by atoms with Crippen molar-refractivity contribution in [3.05, 3.63) is 49.6 Å². The van der Waals surface area contributed by atoms with Gasteiger partial charge in [0.25, 0.3) is 5.91 Å². The lowest BCUT2D eigenvalue weighted by molar-refractivity contribution is 0.102. The van der Waals surface area contributed by atoms with Crippen molar-refractivity contribution in [1.82, 2.24) is 4.98 Å². The molecule has 0 spiro atoms. The highest BCUT2D eigenvalue weighted by Gasteiger charge is 2.11. The number of amides is 1. The lowest BCUT2D eigenvalue weighted by Crippen LogP contribution is -2.14. The Labute approximate surface area is 139 Å². The van der Waals surface area contributed by atoms with Gasteiger partial charge < -0.3 is 10.1 Å². The molecule has 0 fully saturated rings. The number of nitrogens with zero attached hydrogens (tertiary/aromatic N) is 1. The molecule has 2 aromatic rings. The summed E-state index contributed by atoms with van der Waals surface area (Å²) in [6.07, 6.45) is 1.72. The minimum atomic E-state index is -0.204. The van der Waals surface area contributed by atoms with Crippen LogP contribution >= 0.6 is 38.5 Å². The molecule has 1 amide bonds. The number of carbonyl (C=O) groups excluding carboxylic acids is 1. The molecule has 2 rings (SSSR count). The summed E-state index contributed by atoms with van der Waals surface area (Å²) in [5.41, 5.74) is 1.47. The summed E-state index contributed by atoms with van der Waals surface area (Å²) in [6.45, 7) is 1.91. The molecule has 0 atom stereocenters. The molecule has 0 unspecified atom stereocenters. The fourth-order valence-electron chi connectivity index (χ4n) is 1.66. The average molecular weight is 447 g/mol. The maximum atomic E-state index is 12.2. The van der Waals surface area contributed by atoms with E-state index in [0.29, 0.717) is 17.1 Å². The Morgan fingerprint density at radius 2 is 2.15 bits per heavy atom. The van der Waals surface area contributed by atoms with E-state index >= 15 is 0 Å². The minimum absolute atomic E-state index is 0.204. The fourth-order valence-corrected chi connectivity index (χ4v) is 2.81. The maximum absolute atomic E-state index is 12.2. The number of rotatable bonds is 3. The van der Waals surface area contributed by atoms with Gasteiger partial charge in [0.05, 0.1) is 11.6 Å². The van der Waals surface area contributed by atoms with Crippen molar-refractivity contribution in [3.8, 4) is 5.75 Å². The molecule has 0 aliphatic carbocycles. The van der Waals surface area contributed by atoms with Gasteiger partial charge in [-0.2, -0.15) is 0 Å². The van der Waals surface area contributed by atoms with Gasteiger partial charge in [-0.15, -0.1) is 0 Å². The van der Waals surface area contributed by atoms with Crippen LogP contribution in [0.15, 0.2) is 34.9 Å². The molecule has 104 valence electrons. The number of hydrogen-bond donors (Lipinski definition) is 1. The van der Waals surface area contributed by atoms with Crippen LogP contribution in [0.4, 0.5) is 5.82 Å². The smallest absolute Gasteiger partial charge is 0.256 e. The van der Waals surface area contributed by atoms with Gasteiger partial charge in [0.15, 0.2) is 0 Å². The Morgan fingerprint density at radius 3 is 2.75 bits per heavy atom. The van der Waals surface area contributed by atoms with Crippen molar-refractivity contribution in [3.63, 3.8) is 0 Å². The van der Waals surface area contributed by atoms with Crippen LogP contribution in [0.1, 0.15) is 15.9 Å². The van der Waals surface area contributed by atoms with Gasteiger partial charge in [0.1, 0.15) is 11.6 Å². The molecule has 1 aromatic carbocycles. The standard InChI is InChI=1S/C14H12BrIN2O2/c1-8-5-10(16)7-17-13(8)18-14(19)9-3-4-12(20-2)11(15)6-9/h3-7H,1-2H3,(H,17,18,19). The van der Waals surface area contributed by atoms with Crippen molar-refractivity contribution in [2.24, 2.45) is 0 Å². The zero-order chi connectivity index (χ0) is 14.7. The molecule has 20 heavy (non-hydrogen) atoms. The van der Waals surface area contributed by atoms with E-state index in [9.17, 15) is 4.79 Å². The predicted octanol–water partition coefficient (Wildman–Crippen LogP) is 4.02. The SMILES string of the molecule is COc1ccc(C(=O)Nc2ncc(I)cc2C)cc1Br. The molecule has 4 nitrogen and oxygen atoms in total. The average Bonchev–Trinajstić information content (AvgIpc) is 2.41. The largest absolute Gasteiger partial charge is 0.496 e. The number of aryl methyl sites for hydroxylation is 1. The highest BCUT2D eigenvalue weighted by atomic mass is 127. The zero-order valence-corrected chi connectivity index (χ0v) is 14.6. The molecule has 0 radical (unpaired) electrons. The Kier molecular flexibility index (Phi) is 4.98. The highest BCUT2D eigenvalue weighted by molar-refractivity contribution is 14.1. The predicted molar refractivity (Wildman–Crippen MR) is 90.3 cm³/mol. The van der Waals surface area contributed by atoms with E-state index in [0.717, 1.165) is 13.6 Å².